The van der Waals surface area contributed by atoms with Crippen LogP contribution < -0.4 is 10.6 Å². The Morgan fingerprint density at radius 1 is 1.33 bits per heavy atom. The molecule has 24 heavy (non-hydrogen) atoms. The average molecular weight is 339 g/mol. The highest BCUT2D eigenvalue weighted by atomic mass is 32.1. The van der Waals surface area contributed by atoms with Gasteiger partial charge in [0, 0.05) is 10.6 Å². The van der Waals surface area contributed by atoms with E-state index in [9.17, 15) is 10.1 Å². The molecule has 1 atom stereocenters. The van der Waals surface area contributed by atoms with Crippen LogP contribution >= 0.6 is 11.3 Å². The van der Waals surface area contributed by atoms with E-state index in [2.05, 4.69) is 23.6 Å². The maximum Gasteiger partial charge on any atom is 0.324 e. The number of nitriles is 1. The van der Waals surface area contributed by atoms with Gasteiger partial charge >= 0.3 is 6.03 Å². The van der Waals surface area contributed by atoms with Crippen LogP contribution in [0.25, 0.3) is 0 Å². The van der Waals surface area contributed by atoms with Crippen molar-refractivity contribution in [2.75, 3.05) is 10.6 Å². The Bertz CT molecular complexity index is 761. The number of nitrogens with zero attached hydrogens (tertiary/aromatic N) is 1. The number of anilines is 2. The van der Waals surface area contributed by atoms with Gasteiger partial charge in [0.25, 0.3) is 0 Å². The third-order valence-electron chi connectivity index (χ3n) is 4.43. The number of hydrogen-bond donors (Lipinski definition) is 2. The molecular weight excluding hydrogens is 318 g/mol. The Labute approximate surface area is 146 Å². The monoisotopic (exact) mass is 339 g/mol. The molecule has 2 N–H and O–H groups in total. The fourth-order valence-electron chi connectivity index (χ4n) is 3.30. The van der Waals surface area contributed by atoms with Gasteiger partial charge in [-0.05, 0) is 42.9 Å². The molecule has 1 aliphatic carbocycles. The summed E-state index contributed by atoms with van der Waals surface area (Å²) in [7, 11) is 0. The van der Waals surface area contributed by atoms with E-state index in [0.717, 1.165) is 30.5 Å². The van der Waals surface area contributed by atoms with Crippen molar-refractivity contribution in [3.05, 3.63) is 46.3 Å². The highest BCUT2D eigenvalue weighted by molar-refractivity contribution is 7.16. The number of urea groups is 1. The third-order valence-corrected chi connectivity index (χ3v) is 5.60. The number of amides is 2. The van der Waals surface area contributed by atoms with Crippen LogP contribution in [0.2, 0.25) is 0 Å². The van der Waals surface area contributed by atoms with Gasteiger partial charge in [-0.1, -0.05) is 38.0 Å². The molecule has 2 amide bonds. The highest BCUT2D eigenvalue weighted by Crippen LogP contribution is 2.40. The summed E-state index contributed by atoms with van der Waals surface area (Å²) < 4.78 is 0. The smallest absolute Gasteiger partial charge is 0.308 e. The zero-order valence-electron chi connectivity index (χ0n) is 13.8. The lowest BCUT2D eigenvalue weighted by atomic mass is 9.85. The Morgan fingerprint density at radius 3 is 2.83 bits per heavy atom. The lowest BCUT2D eigenvalue weighted by Crippen LogP contribution is -2.19. The van der Waals surface area contributed by atoms with Crippen LogP contribution in [0.1, 0.15) is 42.2 Å². The molecule has 0 fully saturated rings. The van der Waals surface area contributed by atoms with Crippen molar-refractivity contribution in [1.82, 2.24) is 0 Å². The summed E-state index contributed by atoms with van der Waals surface area (Å²) >= 11 is 1.56. The fourth-order valence-corrected chi connectivity index (χ4v) is 4.61. The molecular formula is C19H21N3OS. The summed E-state index contributed by atoms with van der Waals surface area (Å²) in [5.74, 6) is 0.707. The van der Waals surface area contributed by atoms with Crippen LogP contribution in [0.15, 0.2) is 30.3 Å². The maximum absolute atomic E-state index is 12.2. The molecule has 0 saturated heterocycles. The van der Waals surface area contributed by atoms with Crippen molar-refractivity contribution < 1.29 is 4.79 Å². The first-order valence-electron chi connectivity index (χ1n) is 8.39. The van der Waals surface area contributed by atoms with Crippen molar-refractivity contribution in [2.24, 2.45) is 5.92 Å². The van der Waals surface area contributed by atoms with Gasteiger partial charge in [0.05, 0.1) is 5.56 Å². The van der Waals surface area contributed by atoms with Crippen LogP contribution in [0.5, 0.6) is 0 Å². The minimum absolute atomic E-state index is 0.304. The number of thiophene rings is 1. The van der Waals surface area contributed by atoms with Gasteiger partial charge in [0.15, 0.2) is 0 Å². The standard InChI is InChI=1S/C19H21N3OS/c1-2-6-13-9-10-15-16(12-20)18(24-17(15)11-13)22-19(23)21-14-7-4-3-5-8-14/h3-5,7-8,13H,2,6,9-11H2,1H3,(H2,21,22,23). The van der Waals surface area contributed by atoms with Crippen LogP contribution in [0, 0.1) is 17.2 Å². The molecule has 0 bridgehead atoms. The van der Waals surface area contributed by atoms with Crippen molar-refractivity contribution in [2.45, 2.75) is 39.0 Å². The molecule has 4 nitrogen and oxygen atoms in total. The van der Waals surface area contributed by atoms with E-state index in [1.807, 2.05) is 30.3 Å². The number of benzene rings is 1. The predicted molar refractivity (Wildman–Crippen MR) is 98.5 cm³/mol. The number of hydrogen-bond acceptors (Lipinski definition) is 3. The molecule has 0 aliphatic heterocycles. The highest BCUT2D eigenvalue weighted by Gasteiger charge is 2.26. The topological polar surface area (TPSA) is 64.9 Å². The predicted octanol–water partition coefficient (Wildman–Crippen LogP) is 5.17. The molecule has 2 aromatic rings. The summed E-state index contributed by atoms with van der Waals surface area (Å²) in [5, 5.41) is 15.9. The SMILES string of the molecule is CCCC1CCc2c(sc(NC(=O)Nc3ccccc3)c2C#N)C1. The molecule has 1 heterocycles. The minimum Gasteiger partial charge on any atom is -0.308 e. The molecule has 0 radical (unpaired) electrons. The summed E-state index contributed by atoms with van der Waals surface area (Å²) in [4.78, 5) is 13.5. The molecule has 5 heteroatoms. The molecule has 1 unspecified atom stereocenters. The Hall–Kier alpha value is -2.32. The van der Waals surface area contributed by atoms with E-state index in [0.29, 0.717) is 16.5 Å². The molecule has 3 rings (SSSR count). The van der Waals surface area contributed by atoms with Gasteiger partial charge in [0.2, 0.25) is 0 Å². The normalized spacial score (nSPS) is 16.1. The lowest BCUT2D eigenvalue weighted by Gasteiger charge is -2.21. The number of carbonyl (C=O) groups excluding carboxylic acids is 1. The third kappa shape index (κ3) is 3.60. The second kappa shape index (κ2) is 7.50. The van der Waals surface area contributed by atoms with Crippen LogP contribution in [0.4, 0.5) is 15.5 Å². The molecule has 0 spiro atoms. The van der Waals surface area contributed by atoms with E-state index in [1.54, 1.807) is 11.3 Å². The first-order valence-corrected chi connectivity index (χ1v) is 9.20. The molecule has 124 valence electrons. The van der Waals surface area contributed by atoms with Crippen LogP contribution in [-0.4, -0.2) is 6.03 Å². The second-order valence-corrected chi connectivity index (χ2v) is 7.27. The summed E-state index contributed by atoms with van der Waals surface area (Å²) in [5.41, 5.74) is 2.52. The lowest BCUT2D eigenvalue weighted by molar-refractivity contribution is 0.262. The first kappa shape index (κ1) is 16.5. The summed E-state index contributed by atoms with van der Waals surface area (Å²) in [6.07, 6.45) is 5.55. The van der Waals surface area contributed by atoms with Gasteiger partial charge in [-0.15, -0.1) is 11.3 Å². The van der Waals surface area contributed by atoms with Crippen molar-refractivity contribution in [3.8, 4) is 6.07 Å². The van der Waals surface area contributed by atoms with Gasteiger partial charge < -0.3 is 5.32 Å². The average Bonchev–Trinajstić information content (AvgIpc) is 2.92. The number of fused-ring (bicyclic) bond motifs is 1. The van der Waals surface area contributed by atoms with Gasteiger partial charge in [-0.25, -0.2) is 4.79 Å². The second-order valence-electron chi connectivity index (χ2n) is 6.16. The molecule has 1 aromatic carbocycles. The van der Waals surface area contributed by atoms with Crippen molar-refractivity contribution in [1.29, 1.82) is 5.26 Å². The Kier molecular flexibility index (Phi) is 5.17. The first-order chi connectivity index (χ1) is 11.7. The largest absolute Gasteiger partial charge is 0.324 e. The number of rotatable bonds is 4. The zero-order chi connectivity index (χ0) is 16.9. The summed E-state index contributed by atoms with van der Waals surface area (Å²) in [6.45, 7) is 2.21. The van der Waals surface area contributed by atoms with Gasteiger partial charge in [-0.2, -0.15) is 5.26 Å². The summed E-state index contributed by atoms with van der Waals surface area (Å²) in [6, 6.07) is 11.3. The van der Waals surface area contributed by atoms with Gasteiger partial charge in [-0.3, -0.25) is 5.32 Å². The maximum atomic E-state index is 12.2. The zero-order valence-corrected chi connectivity index (χ0v) is 14.6. The van der Waals surface area contributed by atoms with Gasteiger partial charge in [0.1, 0.15) is 11.1 Å². The molecule has 0 saturated carbocycles. The van der Waals surface area contributed by atoms with E-state index in [4.69, 9.17) is 0 Å². The van der Waals surface area contributed by atoms with Crippen molar-refractivity contribution >= 4 is 28.1 Å². The molecule has 1 aromatic heterocycles. The van der Waals surface area contributed by atoms with Crippen LogP contribution in [-0.2, 0) is 12.8 Å². The van der Waals surface area contributed by atoms with E-state index in [1.165, 1.54) is 17.7 Å². The van der Waals surface area contributed by atoms with E-state index >= 15 is 0 Å². The van der Waals surface area contributed by atoms with E-state index < -0.39 is 0 Å². The quantitative estimate of drug-likeness (QED) is 0.807. The Morgan fingerprint density at radius 2 is 2.12 bits per heavy atom. The number of nitrogens with one attached hydrogen (secondary N) is 2. The fraction of sp³-hybridized carbons (Fsp3) is 0.368. The molecule has 1 aliphatic rings. The van der Waals surface area contributed by atoms with Crippen LogP contribution in [0.3, 0.4) is 0 Å². The number of carbonyl (C=O) groups is 1. The van der Waals surface area contributed by atoms with Crippen molar-refractivity contribution in [3.63, 3.8) is 0 Å². The van der Waals surface area contributed by atoms with E-state index in [-0.39, 0.29) is 6.03 Å². The number of para-hydroxylation sites is 1. The minimum atomic E-state index is -0.304. The Balaban J connectivity index is 1.74.